The van der Waals surface area contributed by atoms with Crippen LogP contribution >= 0.6 is 11.3 Å². The first-order chi connectivity index (χ1) is 6.45. The molecule has 0 aliphatic carbocycles. The van der Waals surface area contributed by atoms with Crippen molar-refractivity contribution < 1.29 is 0 Å². The Bertz CT molecular complexity index is 529. The van der Waals surface area contributed by atoms with E-state index in [0.29, 0.717) is 0 Å². The van der Waals surface area contributed by atoms with Crippen LogP contribution in [-0.2, 0) is 0 Å². The highest BCUT2D eigenvalue weighted by atomic mass is 32.1. The quantitative estimate of drug-likeness (QED) is 0.539. The third kappa shape index (κ3) is 0.939. The topological polar surface area (TPSA) is 25.8 Å². The second-order valence-corrected chi connectivity index (χ2v) is 3.79. The zero-order valence-corrected chi connectivity index (χ0v) is 7.58. The monoisotopic (exact) mass is 186 g/mol. The van der Waals surface area contributed by atoms with Crippen molar-refractivity contribution in [1.29, 1.82) is 0 Å². The van der Waals surface area contributed by atoms with Gasteiger partial charge in [-0.2, -0.15) is 5.10 Å². The molecule has 1 aromatic rings. The number of benzene rings is 1. The van der Waals surface area contributed by atoms with Crippen LogP contribution in [0.15, 0.2) is 35.8 Å². The minimum Gasteiger partial charge on any atom is -0.157 e. The lowest BCUT2D eigenvalue weighted by atomic mass is 10.1. The van der Waals surface area contributed by atoms with Crippen LogP contribution in [0.5, 0.6) is 0 Å². The molecule has 3 rings (SSSR count). The molecule has 0 aromatic heterocycles. The van der Waals surface area contributed by atoms with E-state index in [9.17, 15) is 0 Å². The molecule has 0 amide bonds. The third-order valence-corrected chi connectivity index (χ3v) is 3.02. The number of nitrogens with zero attached hydrogens (tertiary/aromatic N) is 2. The first-order valence-electron chi connectivity index (χ1n) is 4.03. The van der Waals surface area contributed by atoms with Crippen LogP contribution in [0.1, 0.15) is 0 Å². The first-order valence-corrected chi connectivity index (χ1v) is 4.91. The number of rotatable bonds is 0. The van der Waals surface area contributed by atoms with Crippen molar-refractivity contribution in [3.63, 3.8) is 0 Å². The molecule has 0 atom stereocenters. The van der Waals surface area contributed by atoms with E-state index in [1.807, 2.05) is 18.3 Å². The van der Waals surface area contributed by atoms with Gasteiger partial charge in [-0.05, 0) is 10.8 Å². The van der Waals surface area contributed by atoms with Crippen LogP contribution in [0.4, 0.5) is 0 Å². The summed E-state index contributed by atoms with van der Waals surface area (Å²) in [5, 5.41) is 12.6. The lowest BCUT2D eigenvalue weighted by molar-refractivity contribution is 1.11. The van der Waals surface area contributed by atoms with E-state index in [4.69, 9.17) is 0 Å². The lowest BCUT2D eigenvalue weighted by Crippen LogP contribution is -1.77. The Labute approximate surface area is 79.2 Å². The molecule has 1 aromatic carbocycles. The molecule has 62 valence electrons. The van der Waals surface area contributed by atoms with Gasteiger partial charge >= 0.3 is 0 Å². The van der Waals surface area contributed by atoms with Crippen LogP contribution in [0, 0.1) is 0 Å². The van der Waals surface area contributed by atoms with Crippen molar-refractivity contribution in [2.24, 2.45) is 0 Å². The average molecular weight is 186 g/mol. The molecule has 0 saturated carbocycles. The molecular formula is C10H6N2S. The second kappa shape index (κ2) is 2.50. The Kier molecular flexibility index (Phi) is 1.34. The summed E-state index contributed by atoms with van der Waals surface area (Å²) in [6.07, 6.45) is 1.81. The molecule has 0 saturated heterocycles. The van der Waals surface area contributed by atoms with E-state index in [2.05, 4.69) is 27.7 Å². The van der Waals surface area contributed by atoms with Gasteiger partial charge in [-0.3, -0.25) is 0 Å². The Hall–Kier alpha value is -1.48. The SMILES string of the molecule is c1ccc2c3nncc-3scc2c1. The summed E-state index contributed by atoms with van der Waals surface area (Å²) in [6.45, 7) is 0. The summed E-state index contributed by atoms with van der Waals surface area (Å²) in [7, 11) is 0. The fourth-order valence-corrected chi connectivity index (χ4v) is 2.29. The Morgan fingerprint density at radius 2 is 2.08 bits per heavy atom. The minimum absolute atomic E-state index is 1.02. The van der Waals surface area contributed by atoms with Gasteiger partial charge in [0.15, 0.2) is 0 Å². The fourth-order valence-electron chi connectivity index (χ4n) is 1.46. The smallest absolute Gasteiger partial charge is 0.112 e. The van der Waals surface area contributed by atoms with Crippen molar-refractivity contribution >= 4 is 22.1 Å². The van der Waals surface area contributed by atoms with Gasteiger partial charge in [0.05, 0.1) is 11.1 Å². The van der Waals surface area contributed by atoms with Crippen LogP contribution < -0.4 is 0 Å². The van der Waals surface area contributed by atoms with Gasteiger partial charge in [0.2, 0.25) is 0 Å². The van der Waals surface area contributed by atoms with E-state index < -0.39 is 0 Å². The van der Waals surface area contributed by atoms with Gasteiger partial charge in [-0.1, -0.05) is 24.3 Å². The Balaban J connectivity index is 2.57. The standard InChI is InChI=1S/C10H6N2S/c1-2-4-8-7(3-1)6-13-9-5-11-12-10(8)9/h1-6H. The fraction of sp³-hybridized carbons (Fsp3) is 0. The van der Waals surface area contributed by atoms with Crippen LogP contribution in [-0.4, -0.2) is 10.2 Å². The van der Waals surface area contributed by atoms with Crippen LogP contribution in [0.3, 0.4) is 0 Å². The lowest BCUT2D eigenvalue weighted by Gasteiger charge is -1.99. The van der Waals surface area contributed by atoms with E-state index in [-0.39, 0.29) is 0 Å². The maximum absolute atomic E-state index is 4.11. The second-order valence-electron chi connectivity index (χ2n) is 2.88. The summed E-state index contributed by atoms with van der Waals surface area (Å²) in [6, 6.07) is 8.25. The molecule has 2 heterocycles. The normalized spacial score (nSPS) is 11.1. The molecule has 0 bridgehead atoms. The van der Waals surface area contributed by atoms with Gasteiger partial charge in [-0.25, -0.2) is 0 Å². The highest BCUT2D eigenvalue weighted by molar-refractivity contribution is 7.14. The van der Waals surface area contributed by atoms with Crippen LogP contribution in [0.25, 0.3) is 21.3 Å². The van der Waals surface area contributed by atoms with Gasteiger partial charge < -0.3 is 0 Å². The Morgan fingerprint density at radius 1 is 1.15 bits per heavy atom. The number of fused-ring (bicyclic) bond motifs is 3. The molecule has 0 spiro atoms. The minimum atomic E-state index is 1.02. The summed E-state index contributed by atoms with van der Waals surface area (Å²) in [4.78, 5) is 1.15. The predicted molar refractivity (Wildman–Crippen MR) is 54.0 cm³/mol. The third-order valence-electron chi connectivity index (χ3n) is 2.09. The van der Waals surface area contributed by atoms with Crippen molar-refractivity contribution in [3.05, 3.63) is 35.8 Å². The van der Waals surface area contributed by atoms with E-state index in [1.165, 1.54) is 10.8 Å². The average Bonchev–Trinajstić information content (AvgIpc) is 2.65. The maximum Gasteiger partial charge on any atom is 0.112 e. The summed E-state index contributed by atoms with van der Waals surface area (Å²) >= 11 is 1.69. The summed E-state index contributed by atoms with van der Waals surface area (Å²) < 4.78 is 0. The van der Waals surface area contributed by atoms with E-state index >= 15 is 0 Å². The number of hydrogen-bond donors (Lipinski definition) is 0. The Morgan fingerprint density at radius 3 is 3.08 bits per heavy atom. The first kappa shape index (κ1) is 6.97. The number of hydrogen-bond acceptors (Lipinski definition) is 3. The molecule has 0 fully saturated rings. The van der Waals surface area contributed by atoms with Crippen molar-refractivity contribution in [3.8, 4) is 10.6 Å². The zero-order chi connectivity index (χ0) is 8.67. The molecule has 0 unspecified atom stereocenters. The number of aromatic nitrogens is 2. The molecule has 0 radical (unpaired) electrons. The van der Waals surface area contributed by atoms with Gasteiger partial charge in [-0.15, -0.1) is 16.4 Å². The maximum atomic E-state index is 4.11. The van der Waals surface area contributed by atoms with E-state index in [0.717, 1.165) is 10.6 Å². The van der Waals surface area contributed by atoms with Crippen molar-refractivity contribution in [2.45, 2.75) is 0 Å². The van der Waals surface area contributed by atoms with Gasteiger partial charge in [0, 0.05) is 5.39 Å². The zero-order valence-electron chi connectivity index (χ0n) is 6.77. The van der Waals surface area contributed by atoms with Crippen LogP contribution in [0.2, 0.25) is 0 Å². The van der Waals surface area contributed by atoms with Gasteiger partial charge in [0.1, 0.15) is 5.69 Å². The molecular weight excluding hydrogens is 180 g/mol. The highest BCUT2D eigenvalue weighted by Gasteiger charge is 2.09. The van der Waals surface area contributed by atoms with Crippen molar-refractivity contribution in [1.82, 2.24) is 10.2 Å². The largest absolute Gasteiger partial charge is 0.157 e. The molecule has 3 heteroatoms. The molecule has 2 nitrogen and oxygen atoms in total. The summed E-state index contributed by atoms with van der Waals surface area (Å²) in [5.41, 5.74) is 1.02. The molecule has 0 N–H and O–H groups in total. The highest BCUT2D eigenvalue weighted by Crippen LogP contribution is 2.31. The van der Waals surface area contributed by atoms with Gasteiger partial charge in [0.25, 0.3) is 0 Å². The summed E-state index contributed by atoms with van der Waals surface area (Å²) in [5.74, 6) is 0. The van der Waals surface area contributed by atoms with Crippen molar-refractivity contribution in [2.75, 3.05) is 0 Å². The molecule has 2 aliphatic heterocycles. The molecule has 13 heavy (non-hydrogen) atoms. The molecule has 2 aliphatic rings. The van der Waals surface area contributed by atoms with E-state index in [1.54, 1.807) is 11.3 Å². The predicted octanol–water partition coefficient (Wildman–Crippen LogP) is 2.80.